The Bertz CT molecular complexity index is 788. The minimum absolute atomic E-state index is 0.163. The van der Waals surface area contributed by atoms with Crippen LogP contribution in [0.2, 0.25) is 0 Å². The maximum Gasteiger partial charge on any atom is 0.342 e. The number of hydrogen-bond acceptors (Lipinski definition) is 5. The first-order chi connectivity index (χ1) is 12.0. The van der Waals surface area contributed by atoms with E-state index in [1.54, 1.807) is 19.1 Å². The molecule has 0 aliphatic carbocycles. The van der Waals surface area contributed by atoms with Crippen LogP contribution in [0.3, 0.4) is 0 Å². The number of fused-ring (bicyclic) bond motifs is 1. The number of amides is 2. The van der Waals surface area contributed by atoms with Gasteiger partial charge in [0.05, 0.1) is 13.7 Å². The molecule has 0 aliphatic heterocycles. The fraction of sp³-hybridized carbons (Fsp3) is 0.278. The van der Waals surface area contributed by atoms with E-state index in [4.69, 9.17) is 9.47 Å². The summed E-state index contributed by atoms with van der Waals surface area (Å²) < 4.78 is 10.2. The van der Waals surface area contributed by atoms with E-state index in [0.29, 0.717) is 12.3 Å². The molecule has 0 heterocycles. The van der Waals surface area contributed by atoms with Crippen molar-refractivity contribution in [3.63, 3.8) is 0 Å². The number of rotatable bonds is 7. The summed E-state index contributed by atoms with van der Waals surface area (Å²) in [6.07, 6.45) is 0. The van der Waals surface area contributed by atoms with Crippen molar-refractivity contribution in [3.05, 3.63) is 42.0 Å². The second kappa shape index (κ2) is 8.68. The van der Waals surface area contributed by atoms with Gasteiger partial charge in [0.2, 0.25) is 5.91 Å². The first kappa shape index (κ1) is 18.3. The minimum atomic E-state index is -0.671. The minimum Gasteiger partial charge on any atom is -0.496 e. The number of hydrogen-bond donors (Lipinski definition) is 2. The second-order valence-electron chi connectivity index (χ2n) is 5.21. The van der Waals surface area contributed by atoms with Crippen molar-refractivity contribution in [1.82, 2.24) is 10.6 Å². The maximum atomic E-state index is 12.3. The van der Waals surface area contributed by atoms with Crippen molar-refractivity contribution in [2.24, 2.45) is 0 Å². The Morgan fingerprint density at radius 3 is 2.32 bits per heavy atom. The summed E-state index contributed by atoms with van der Waals surface area (Å²) in [6.45, 7) is 1.61. The molecule has 0 bridgehead atoms. The van der Waals surface area contributed by atoms with Crippen molar-refractivity contribution in [2.45, 2.75) is 6.92 Å². The van der Waals surface area contributed by atoms with E-state index in [1.807, 2.05) is 24.3 Å². The lowest BCUT2D eigenvalue weighted by molar-refractivity contribution is -0.127. The molecule has 132 valence electrons. The summed E-state index contributed by atoms with van der Waals surface area (Å²) in [5.41, 5.74) is 0.234. The zero-order chi connectivity index (χ0) is 18.2. The molecule has 0 aromatic heterocycles. The van der Waals surface area contributed by atoms with Gasteiger partial charge in [-0.15, -0.1) is 0 Å². The number of carbonyl (C=O) groups excluding carboxylic acids is 3. The lowest BCUT2D eigenvalue weighted by Crippen LogP contribution is -2.38. The normalized spacial score (nSPS) is 10.2. The Balaban J connectivity index is 1.99. The zero-order valence-corrected chi connectivity index (χ0v) is 14.1. The average molecular weight is 344 g/mol. The summed E-state index contributed by atoms with van der Waals surface area (Å²) in [5, 5.41) is 6.70. The number of nitrogens with one attached hydrogen (secondary N) is 2. The molecular formula is C18H20N2O5. The highest BCUT2D eigenvalue weighted by Gasteiger charge is 2.16. The quantitative estimate of drug-likeness (QED) is 0.738. The number of benzene rings is 2. The molecular weight excluding hydrogens is 324 g/mol. The number of ether oxygens (including phenoxy) is 2. The Labute approximate surface area is 145 Å². The van der Waals surface area contributed by atoms with E-state index >= 15 is 0 Å². The van der Waals surface area contributed by atoms with Gasteiger partial charge in [-0.05, 0) is 29.8 Å². The molecule has 2 N–H and O–H groups in total. The Kier molecular flexibility index (Phi) is 6.33. The topological polar surface area (TPSA) is 93.7 Å². The van der Waals surface area contributed by atoms with Crippen molar-refractivity contribution in [3.8, 4) is 5.75 Å². The van der Waals surface area contributed by atoms with Crippen LogP contribution in [-0.4, -0.2) is 44.6 Å². The fourth-order valence-electron chi connectivity index (χ4n) is 2.25. The zero-order valence-electron chi connectivity index (χ0n) is 14.1. The summed E-state index contributed by atoms with van der Waals surface area (Å²) >= 11 is 0. The number of methoxy groups -OCH3 is 1. The van der Waals surface area contributed by atoms with Crippen LogP contribution in [0, 0.1) is 0 Å². The highest BCUT2D eigenvalue weighted by molar-refractivity contribution is 5.99. The van der Waals surface area contributed by atoms with E-state index in [9.17, 15) is 14.4 Å². The van der Waals surface area contributed by atoms with E-state index in [0.717, 1.165) is 10.8 Å². The van der Waals surface area contributed by atoms with Crippen LogP contribution in [0.25, 0.3) is 10.8 Å². The molecule has 0 aliphatic rings. The predicted molar refractivity (Wildman–Crippen MR) is 92.5 cm³/mol. The van der Waals surface area contributed by atoms with E-state index in [-0.39, 0.29) is 18.0 Å². The van der Waals surface area contributed by atoms with Gasteiger partial charge in [0, 0.05) is 6.54 Å². The van der Waals surface area contributed by atoms with Crippen LogP contribution in [0.15, 0.2) is 36.4 Å². The predicted octanol–water partition coefficient (Wildman–Crippen LogP) is 1.26. The molecule has 2 amide bonds. The van der Waals surface area contributed by atoms with Gasteiger partial charge in [-0.3, -0.25) is 9.59 Å². The standard InChI is InChI=1S/C18H20N2O5/c1-3-19-16(21)10-20-17(22)11-25-18(23)14-8-12-6-4-5-7-13(12)9-15(14)24-2/h4-9H,3,10-11H2,1-2H3,(H,19,21)(H,20,22). The maximum absolute atomic E-state index is 12.3. The fourth-order valence-corrected chi connectivity index (χ4v) is 2.25. The average Bonchev–Trinajstić information content (AvgIpc) is 2.63. The van der Waals surface area contributed by atoms with Gasteiger partial charge in [-0.2, -0.15) is 0 Å². The van der Waals surface area contributed by atoms with Crippen LogP contribution in [0.4, 0.5) is 0 Å². The SMILES string of the molecule is CCNC(=O)CNC(=O)COC(=O)c1cc2ccccc2cc1OC. The molecule has 7 nitrogen and oxygen atoms in total. The van der Waals surface area contributed by atoms with Crippen molar-refractivity contribution in [1.29, 1.82) is 0 Å². The van der Waals surface area contributed by atoms with E-state index in [1.165, 1.54) is 7.11 Å². The van der Waals surface area contributed by atoms with Gasteiger partial charge in [0.1, 0.15) is 11.3 Å². The molecule has 0 saturated heterocycles. The lowest BCUT2D eigenvalue weighted by Gasteiger charge is -2.10. The molecule has 2 aromatic carbocycles. The molecule has 0 fully saturated rings. The first-order valence-electron chi connectivity index (χ1n) is 7.82. The molecule has 2 rings (SSSR count). The van der Waals surface area contributed by atoms with Crippen LogP contribution in [-0.2, 0) is 14.3 Å². The van der Waals surface area contributed by atoms with Gasteiger partial charge in [0.25, 0.3) is 5.91 Å². The largest absolute Gasteiger partial charge is 0.496 e. The summed E-state index contributed by atoms with van der Waals surface area (Å²) in [7, 11) is 1.46. The molecule has 7 heteroatoms. The third-order valence-electron chi connectivity index (χ3n) is 3.44. The van der Waals surface area contributed by atoms with Gasteiger partial charge < -0.3 is 20.1 Å². The highest BCUT2D eigenvalue weighted by atomic mass is 16.5. The Hall–Kier alpha value is -3.09. The van der Waals surface area contributed by atoms with Gasteiger partial charge in [-0.1, -0.05) is 24.3 Å². The molecule has 0 atom stereocenters. The Morgan fingerprint density at radius 1 is 1.00 bits per heavy atom. The van der Waals surface area contributed by atoms with Crippen molar-refractivity contribution < 1.29 is 23.9 Å². The van der Waals surface area contributed by atoms with Gasteiger partial charge >= 0.3 is 5.97 Å². The van der Waals surface area contributed by atoms with Gasteiger partial charge in [-0.25, -0.2) is 4.79 Å². The van der Waals surface area contributed by atoms with Crippen LogP contribution in [0.1, 0.15) is 17.3 Å². The van der Waals surface area contributed by atoms with Crippen LogP contribution >= 0.6 is 0 Å². The first-order valence-corrected chi connectivity index (χ1v) is 7.82. The number of likely N-dealkylation sites (N-methyl/N-ethyl adjacent to an activating group) is 1. The molecule has 0 unspecified atom stereocenters. The van der Waals surface area contributed by atoms with Crippen molar-refractivity contribution in [2.75, 3.05) is 26.8 Å². The number of carbonyl (C=O) groups is 3. The lowest BCUT2D eigenvalue weighted by atomic mass is 10.1. The molecule has 2 aromatic rings. The van der Waals surface area contributed by atoms with Crippen molar-refractivity contribution >= 4 is 28.6 Å². The molecule has 0 spiro atoms. The summed E-state index contributed by atoms with van der Waals surface area (Å²) in [5.74, 6) is -1.17. The smallest absolute Gasteiger partial charge is 0.342 e. The van der Waals surface area contributed by atoms with Crippen LogP contribution in [0.5, 0.6) is 5.75 Å². The van der Waals surface area contributed by atoms with E-state index < -0.39 is 18.5 Å². The third-order valence-corrected chi connectivity index (χ3v) is 3.44. The molecule has 0 saturated carbocycles. The highest BCUT2D eigenvalue weighted by Crippen LogP contribution is 2.26. The molecule has 25 heavy (non-hydrogen) atoms. The Morgan fingerprint density at radius 2 is 1.68 bits per heavy atom. The van der Waals surface area contributed by atoms with Gasteiger partial charge in [0.15, 0.2) is 6.61 Å². The third kappa shape index (κ3) is 4.94. The van der Waals surface area contributed by atoms with E-state index in [2.05, 4.69) is 10.6 Å². The number of esters is 1. The summed E-state index contributed by atoms with van der Waals surface area (Å²) in [4.78, 5) is 35.2. The molecule has 0 radical (unpaired) electrons. The van der Waals surface area contributed by atoms with Crippen LogP contribution < -0.4 is 15.4 Å². The second-order valence-corrected chi connectivity index (χ2v) is 5.21. The summed E-state index contributed by atoms with van der Waals surface area (Å²) in [6, 6.07) is 10.9. The monoisotopic (exact) mass is 344 g/mol.